The number of aryl methyl sites for hydroxylation is 2. The summed E-state index contributed by atoms with van der Waals surface area (Å²) in [5.74, 6) is -0.852. The van der Waals surface area contributed by atoms with Crippen LogP contribution in [-0.4, -0.2) is 29.6 Å². The molecule has 8 nitrogen and oxygen atoms in total. The standard InChI is InChI=1S/C17H21N5O3/c1-3-20-17(24)25-9-12-7-5-4-6-11-8-13(10(2)21-14(11)12)15(23)22-16(18)19/h1,8,12H,4-7,9H2,2H3,(H,20,24)(H4,18,19,22,23). The first-order chi connectivity index (χ1) is 11.9. The van der Waals surface area contributed by atoms with Crippen LogP contribution in [0.4, 0.5) is 4.79 Å². The molecule has 0 saturated carbocycles. The largest absolute Gasteiger partial charge is 0.448 e. The molecule has 0 aromatic carbocycles. The molecule has 1 aromatic heterocycles. The maximum atomic E-state index is 12.1. The second kappa shape index (κ2) is 8.15. The molecule has 5 N–H and O–H groups in total. The number of carbonyl (C=O) groups is 2. The Labute approximate surface area is 146 Å². The van der Waals surface area contributed by atoms with E-state index in [2.05, 4.69) is 15.3 Å². The Kier molecular flexibility index (Phi) is 5.95. The van der Waals surface area contributed by atoms with Crippen molar-refractivity contribution in [1.82, 2.24) is 10.3 Å². The van der Waals surface area contributed by atoms with E-state index >= 15 is 0 Å². The first kappa shape index (κ1) is 18.3. The predicted octanol–water partition coefficient (Wildman–Crippen LogP) is 0.931. The Morgan fingerprint density at radius 2 is 2.24 bits per heavy atom. The summed E-state index contributed by atoms with van der Waals surface area (Å²) in [6.45, 7) is 1.90. The number of rotatable bonds is 3. The third-order valence-corrected chi connectivity index (χ3v) is 4.01. The molecule has 1 heterocycles. The molecule has 25 heavy (non-hydrogen) atoms. The maximum Gasteiger partial charge on any atom is 0.418 e. The third-order valence-electron chi connectivity index (χ3n) is 4.01. The lowest BCUT2D eigenvalue weighted by Crippen LogP contribution is -2.25. The highest BCUT2D eigenvalue weighted by molar-refractivity contribution is 6.02. The van der Waals surface area contributed by atoms with Gasteiger partial charge in [0, 0.05) is 12.0 Å². The van der Waals surface area contributed by atoms with E-state index in [1.807, 2.05) is 6.04 Å². The molecule has 0 bridgehead atoms. The van der Waals surface area contributed by atoms with Crippen LogP contribution < -0.4 is 16.8 Å². The van der Waals surface area contributed by atoms with E-state index in [9.17, 15) is 9.59 Å². The van der Waals surface area contributed by atoms with Gasteiger partial charge < -0.3 is 16.2 Å². The number of aliphatic imine (C=N–C) groups is 1. The quantitative estimate of drug-likeness (QED) is 0.246. The Morgan fingerprint density at radius 1 is 1.48 bits per heavy atom. The van der Waals surface area contributed by atoms with E-state index in [1.165, 1.54) is 0 Å². The van der Waals surface area contributed by atoms with E-state index < -0.39 is 12.0 Å². The van der Waals surface area contributed by atoms with Crippen LogP contribution in [0.5, 0.6) is 0 Å². The molecule has 1 aliphatic rings. The van der Waals surface area contributed by atoms with Gasteiger partial charge in [-0.1, -0.05) is 12.8 Å². The van der Waals surface area contributed by atoms with Gasteiger partial charge in [0.1, 0.15) is 6.61 Å². The molecule has 0 saturated heterocycles. The fourth-order valence-electron chi connectivity index (χ4n) is 2.89. The number of aromatic nitrogens is 1. The van der Waals surface area contributed by atoms with E-state index in [0.29, 0.717) is 11.3 Å². The summed E-state index contributed by atoms with van der Waals surface area (Å²) in [6.07, 6.45) is 7.90. The van der Waals surface area contributed by atoms with Crippen LogP contribution in [-0.2, 0) is 11.2 Å². The van der Waals surface area contributed by atoms with Gasteiger partial charge in [0.15, 0.2) is 5.96 Å². The van der Waals surface area contributed by atoms with Crippen LogP contribution in [0.3, 0.4) is 0 Å². The second-order valence-electron chi connectivity index (χ2n) is 5.82. The molecular weight excluding hydrogens is 322 g/mol. The van der Waals surface area contributed by atoms with Crippen LogP contribution in [0.15, 0.2) is 11.1 Å². The average molecular weight is 343 g/mol. The number of guanidine groups is 1. The zero-order chi connectivity index (χ0) is 18.4. The number of ether oxygens (including phenoxy) is 1. The number of fused-ring (bicyclic) bond motifs is 1. The molecule has 2 rings (SSSR count). The highest BCUT2D eigenvalue weighted by atomic mass is 16.5. The van der Waals surface area contributed by atoms with E-state index in [4.69, 9.17) is 22.6 Å². The van der Waals surface area contributed by atoms with Crippen LogP contribution in [0, 0.1) is 19.4 Å². The van der Waals surface area contributed by atoms with Crippen LogP contribution in [0.2, 0.25) is 0 Å². The first-order valence-electron chi connectivity index (χ1n) is 7.95. The summed E-state index contributed by atoms with van der Waals surface area (Å²) in [5, 5.41) is 2.14. The van der Waals surface area contributed by atoms with Gasteiger partial charge in [-0.05, 0) is 37.8 Å². The highest BCUT2D eigenvalue weighted by Crippen LogP contribution is 2.31. The molecule has 0 spiro atoms. The molecule has 2 amide bonds. The molecule has 0 radical (unpaired) electrons. The van der Waals surface area contributed by atoms with Crippen molar-refractivity contribution in [3.05, 3.63) is 28.6 Å². The molecule has 132 valence electrons. The summed E-state index contributed by atoms with van der Waals surface area (Å²) in [6, 6.07) is 3.80. The smallest absolute Gasteiger partial charge is 0.418 e. The van der Waals surface area contributed by atoms with Crippen LogP contribution >= 0.6 is 0 Å². The van der Waals surface area contributed by atoms with Crippen molar-refractivity contribution in [2.24, 2.45) is 16.5 Å². The van der Waals surface area contributed by atoms with Crippen molar-refractivity contribution in [2.45, 2.75) is 38.5 Å². The van der Waals surface area contributed by atoms with Gasteiger partial charge in [-0.3, -0.25) is 9.78 Å². The molecule has 1 aromatic rings. The SMILES string of the molecule is C#CNC(=O)OCC1CCCCc2cc(C(=O)N=C(N)N)c(C)nc21. The molecule has 1 aliphatic carbocycles. The average Bonchev–Trinajstić information content (AvgIpc) is 2.73. The number of hydrogen-bond donors (Lipinski definition) is 3. The number of amides is 2. The minimum Gasteiger partial charge on any atom is -0.448 e. The van der Waals surface area contributed by atoms with E-state index in [-0.39, 0.29) is 18.5 Å². The number of hydrogen-bond acceptors (Lipinski definition) is 4. The number of nitrogens with zero attached hydrogens (tertiary/aromatic N) is 2. The Hall–Kier alpha value is -3.08. The number of nitrogens with two attached hydrogens (primary N) is 2. The molecule has 8 heteroatoms. The second-order valence-corrected chi connectivity index (χ2v) is 5.82. The monoisotopic (exact) mass is 343 g/mol. The number of carbonyl (C=O) groups excluding carboxylic acids is 2. The number of alkyl carbamates (subject to hydrolysis) is 1. The molecule has 0 aliphatic heterocycles. The van der Waals surface area contributed by atoms with Gasteiger partial charge in [0.05, 0.1) is 17.0 Å². The number of nitrogens with one attached hydrogen (secondary N) is 1. The molecule has 1 unspecified atom stereocenters. The zero-order valence-corrected chi connectivity index (χ0v) is 14.0. The Bertz CT molecular complexity index is 747. The first-order valence-corrected chi connectivity index (χ1v) is 7.95. The van der Waals surface area contributed by atoms with Crippen molar-refractivity contribution in [3.63, 3.8) is 0 Å². The summed E-state index contributed by atoms with van der Waals surface area (Å²) in [7, 11) is 0. The van der Waals surface area contributed by atoms with Crippen LogP contribution in [0.1, 0.15) is 52.5 Å². The lowest BCUT2D eigenvalue weighted by Gasteiger charge is -2.18. The van der Waals surface area contributed by atoms with E-state index in [0.717, 1.165) is 36.9 Å². The van der Waals surface area contributed by atoms with Gasteiger partial charge in [-0.2, -0.15) is 4.99 Å². The molecule has 1 atom stereocenters. The normalized spacial score (nSPS) is 15.9. The van der Waals surface area contributed by atoms with Crippen molar-refractivity contribution < 1.29 is 14.3 Å². The Morgan fingerprint density at radius 3 is 2.92 bits per heavy atom. The van der Waals surface area contributed by atoms with Crippen molar-refractivity contribution in [3.8, 4) is 12.5 Å². The molecule has 0 fully saturated rings. The van der Waals surface area contributed by atoms with Gasteiger partial charge in [0.25, 0.3) is 5.91 Å². The van der Waals surface area contributed by atoms with Gasteiger partial charge in [-0.25, -0.2) is 10.1 Å². The van der Waals surface area contributed by atoms with E-state index in [1.54, 1.807) is 13.0 Å². The van der Waals surface area contributed by atoms with Crippen LogP contribution in [0.25, 0.3) is 0 Å². The van der Waals surface area contributed by atoms with Gasteiger partial charge in [0.2, 0.25) is 0 Å². The summed E-state index contributed by atoms with van der Waals surface area (Å²) in [4.78, 5) is 31.7. The van der Waals surface area contributed by atoms with Gasteiger partial charge in [-0.15, -0.1) is 0 Å². The summed E-state index contributed by atoms with van der Waals surface area (Å²) >= 11 is 0. The molecular formula is C17H21N5O3. The lowest BCUT2D eigenvalue weighted by atomic mass is 9.96. The fraction of sp³-hybridized carbons (Fsp3) is 0.412. The predicted molar refractivity (Wildman–Crippen MR) is 92.7 cm³/mol. The third kappa shape index (κ3) is 4.70. The minimum absolute atomic E-state index is 0.0491. The topological polar surface area (TPSA) is 133 Å². The highest BCUT2D eigenvalue weighted by Gasteiger charge is 2.24. The maximum absolute atomic E-state index is 12.1. The zero-order valence-electron chi connectivity index (χ0n) is 14.0. The minimum atomic E-state index is -0.662. The fourth-order valence-corrected chi connectivity index (χ4v) is 2.89. The summed E-state index contributed by atoms with van der Waals surface area (Å²) < 4.78 is 5.15. The number of pyridine rings is 1. The summed E-state index contributed by atoms with van der Waals surface area (Å²) in [5.41, 5.74) is 13.2. The van der Waals surface area contributed by atoms with Crippen molar-refractivity contribution in [2.75, 3.05) is 6.61 Å². The Balaban J connectivity index is 2.29. The van der Waals surface area contributed by atoms with Crippen molar-refractivity contribution >= 4 is 18.0 Å². The number of terminal acetylenes is 1. The lowest BCUT2D eigenvalue weighted by molar-refractivity contribution is 0.100. The van der Waals surface area contributed by atoms with Crippen molar-refractivity contribution in [1.29, 1.82) is 0 Å². The van der Waals surface area contributed by atoms with Gasteiger partial charge >= 0.3 is 6.09 Å².